The monoisotopic (exact) mass is 384 g/mol. The molecule has 7 heteroatoms. The van der Waals surface area contributed by atoms with E-state index < -0.39 is 10.0 Å². The van der Waals surface area contributed by atoms with Crippen LogP contribution in [0.4, 0.5) is 0 Å². The molecule has 1 aromatic carbocycles. The number of carbonyl (C=O) groups excluding carboxylic acids is 1. The molecular weight excluding hydrogens is 356 g/mol. The topological polar surface area (TPSA) is 66.5 Å². The second-order valence-electron chi connectivity index (χ2n) is 6.87. The van der Waals surface area contributed by atoms with Crippen LogP contribution >= 0.6 is 11.8 Å². The van der Waals surface area contributed by atoms with Gasteiger partial charge in [0, 0.05) is 24.0 Å². The maximum atomic E-state index is 12.9. The van der Waals surface area contributed by atoms with Crippen LogP contribution in [-0.4, -0.2) is 44.6 Å². The minimum Gasteiger partial charge on any atom is -0.339 e. The fourth-order valence-electron chi connectivity index (χ4n) is 2.74. The molecule has 0 aliphatic carbocycles. The van der Waals surface area contributed by atoms with Gasteiger partial charge in [-0.1, -0.05) is 13.8 Å². The third-order valence-corrected chi connectivity index (χ3v) is 7.05. The van der Waals surface area contributed by atoms with E-state index in [0.29, 0.717) is 5.56 Å². The van der Waals surface area contributed by atoms with Crippen LogP contribution < -0.4 is 4.72 Å². The summed E-state index contributed by atoms with van der Waals surface area (Å²) in [5, 5.41) is 0. The van der Waals surface area contributed by atoms with Crippen LogP contribution in [0.3, 0.4) is 0 Å². The van der Waals surface area contributed by atoms with Gasteiger partial charge in [-0.3, -0.25) is 4.79 Å². The van der Waals surface area contributed by atoms with E-state index in [9.17, 15) is 13.2 Å². The van der Waals surface area contributed by atoms with E-state index in [-0.39, 0.29) is 22.8 Å². The molecule has 0 aromatic heterocycles. The summed E-state index contributed by atoms with van der Waals surface area (Å²) < 4.78 is 28.0. The van der Waals surface area contributed by atoms with E-state index in [2.05, 4.69) is 4.72 Å². The number of benzene rings is 1. The molecule has 0 bridgehead atoms. The lowest BCUT2D eigenvalue weighted by Gasteiger charge is -2.27. The lowest BCUT2D eigenvalue weighted by atomic mass is 10.1. The molecule has 1 fully saturated rings. The van der Waals surface area contributed by atoms with Crippen LogP contribution in [0, 0.1) is 5.92 Å². The normalized spacial score (nSPS) is 16.9. The van der Waals surface area contributed by atoms with Crippen LogP contribution in [-0.2, 0) is 10.0 Å². The molecule has 0 radical (unpaired) electrons. The summed E-state index contributed by atoms with van der Waals surface area (Å²) in [5.41, 5.74) is 0.481. The maximum absolute atomic E-state index is 12.9. The van der Waals surface area contributed by atoms with Gasteiger partial charge in [-0.05, 0) is 56.6 Å². The Morgan fingerprint density at radius 2 is 1.80 bits per heavy atom. The van der Waals surface area contributed by atoms with Crippen LogP contribution in [0.15, 0.2) is 28.0 Å². The average Bonchev–Trinajstić information content (AvgIpc) is 2.60. The molecule has 1 saturated heterocycles. The molecule has 5 nitrogen and oxygen atoms in total. The third-order valence-electron chi connectivity index (χ3n) is 4.70. The first-order chi connectivity index (χ1) is 11.8. The van der Waals surface area contributed by atoms with Crippen molar-refractivity contribution in [3.63, 3.8) is 0 Å². The number of rotatable bonds is 6. The second kappa shape index (κ2) is 8.56. The Hall–Kier alpha value is -1.05. The SMILES string of the molecule is CSc1ccc(S(=O)(=O)NC(C)C(C)C)cc1C(=O)N1CCCCC1. The Bertz CT molecular complexity index is 711. The van der Waals surface area contributed by atoms with Gasteiger partial charge in [-0.2, -0.15) is 0 Å². The van der Waals surface area contributed by atoms with Gasteiger partial charge < -0.3 is 4.90 Å². The van der Waals surface area contributed by atoms with Crippen molar-refractivity contribution in [2.24, 2.45) is 5.92 Å². The lowest BCUT2D eigenvalue weighted by molar-refractivity contribution is 0.0720. The van der Waals surface area contributed by atoms with Gasteiger partial charge in [-0.25, -0.2) is 13.1 Å². The number of nitrogens with zero attached hydrogens (tertiary/aromatic N) is 1. The minimum atomic E-state index is -3.65. The number of likely N-dealkylation sites (tertiary alicyclic amines) is 1. The standard InChI is InChI=1S/C18H28N2O3S2/c1-13(2)14(3)19-25(22,23)15-8-9-17(24-4)16(12-15)18(21)20-10-6-5-7-11-20/h8-9,12-14,19H,5-7,10-11H2,1-4H3. The molecule has 0 saturated carbocycles. The van der Waals surface area contributed by atoms with Crippen molar-refractivity contribution in [1.29, 1.82) is 0 Å². The van der Waals surface area contributed by atoms with E-state index in [4.69, 9.17) is 0 Å². The maximum Gasteiger partial charge on any atom is 0.255 e. The first-order valence-electron chi connectivity index (χ1n) is 8.76. The molecule has 1 heterocycles. The quantitative estimate of drug-likeness (QED) is 0.764. The number of sulfonamides is 1. The minimum absolute atomic E-state index is 0.0713. The smallest absolute Gasteiger partial charge is 0.255 e. The molecule has 140 valence electrons. The van der Waals surface area contributed by atoms with Crippen molar-refractivity contribution in [3.05, 3.63) is 23.8 Å². The molecule has 1 aliphatic rings. The highest BCUT2D eigenvalue weighted by atomic mass is 32.2. The molecule has 1 N–H and O–H groups in total. The number of amides is 1. The van der Waals surface area contributed by atoms with Gasteiger partial charge in [0.1, 0.15) is 0 Å². The summed E-state index contributed by atoms with van der Waals surface area (Å²) in [7, 11) is -3.65. The van der Waals surface area contributed by atoms with Crippen LogP contribution in [0.25, 0.3) is 0 Å². The van der Waals surface area contributed by atoms with Crippen molar-refractivity contribution in [2.75, 3.05) is 19.3 Å². The highest BCUT2D eigenvalue weighted by Crippen LogP contribution is 2.26. The van der Waals surface area contributed by atoms with Gasteiger partial charge in [0.2, 0.25) is 10.0 Å². The Kier molecular flexibility index (Phi) is 6.93. The van der Waals surface area contributed by atoms with Gasteiger partial charge in [-0.15, -0.1) is 11.8 Å². The van der Waals surface area contributed by atoms with Crippen molar-refractivity contribution in [3.8, 4) is 0 Å². The van der Waals surface area contributed by atoms with E-state index >= 15 is 0 Å². The highest BCUT2D eigenvalue weighted by molar-refractivity contribution is 7.98. The Morgan fingerprint density at radius 1 is 1.16 bits per heavy atom. The fourth-order valence-corrected chi connectivity index (χ4v) is 4.73. The number of carbonyl (C=O) groups is 1. The molecule has 1 aliphatic heterocycles. The summed E-state index contributed by atoms with van der Waals surface area (Å²) in [6.45, 7) is 7.27. The number of thioether (sulfide) groups is 1. The molecule has 1 unspecified atom stereocenters. The number of hydrogen-bond acceptors (Lipinski definition) is 4. The summed E-state index contributed by atoms with van der Waals surface area (Å²) >= 11 is 1.46. The fraction of sp³-hybridized carbons (Fsp3) is 0.611. The Morgan fingerprint density at radius 3 is 2.36 bits per heavy atom. The average molecular weight is 385 g/mol. The Balaban J connectivity index is 2.34. The van der Waals surface area contributed by atoms with Crippen molar-refractivity contribution in [1.82, 2.24) is 9.62 Å². The number of piperidine rings is 1. The number of nitrogens with one attached hydrogen (secondary N) is 1. The van der Waals surface area contributed by atoms with Crippen LogP contribution in [0.2, 0.25) is 0 Å². The zero-order valence-corrected chi connectivity index (χ0v) is 17.0. The molecule has 1 amide bonds. The zero-order chi connectivity index (χ0) is 18.6. The largest absolute Gasteiger partial charge is 0.339 e. The van der Waals surface area contributed by atoms with Gasteiger partial charge in [0.25, 0.3) is 5.91 Å². The van der Waals surface area contributed by atoms with Crippen LogP contribution in [0.5, 0.6) is 0 Å². The van der Waals surface area contributed by atoms with Crippen molar-refractivity contribution >= 4 is 27.7 Å². The molecule has 1 aromatic rings. The molecule has 2 rings (SSSR count). The predicted octanol–water partition coefficient (Wildman–Crippen LogP) is 3.36. The molecule has 1 atom stereocenters. The molecule has 0 spiro atoms. The first kappa shape index (κ1) is 20.3. The van der Waals surface area contributed by atoms with E-state index in [0.717, 1.165) is 37.2 Å². The van der Waals surface area contributed by atoms with E-state index in [1.54, 1.807) is 12.1 Å². The highest BCUT2D eigenvalue weighted by Gasteiger charge is 2.25. The lowest BCUT2D eigenvalue weighted by Crippen LogP contribution is -2.37. The van der Waals surface area contributed by atoms with Crippen molar-refractivity contribution < 1.29 is 13.2 Å². The van der Waals surface area contributed by atoms with E-state index in [1.165, 1.54) is 17.8 Å². The van der Waals surface area contributed by atoms with E-state index in [1.807, 2.05) is 31.9 Å². The molecule has 25 heavy (non-hydrogen) atoms. The summed E-state index contributed by atoms with van der Waals surface area (Å²) in [4.78, 5) is 15.7. The second-order valence-corrected chi connectivity index (χ2v) is 9.43. The summed E-state index contributed by atoms with van der Waals surface area (Å²) in [6, 6.07) is 4.66. The van der Waals surface area contributed by atoms with Crippen molar-refractivity contribution in [2.45, 2.75) is 55.9 Å². The van der Waals surface area contributed by atoms with Gasteiger partial charge in [0.15, 0.2) is 0 Å². The number of hydrogen-bond donors (Lipinski definition) is 1. The summed E-state index contributed by atoms with van der Waals surface area (Å²) in [5.74, 6) is 0.118. The predicted molar refractivity (Wildman–Crippen MR) is 103 cm³/mol. The Labute approximate surface area is 155 Å². The van der Waals surface area contributed by atoms with Gasteiger partial charge >= 0.3 is 0 Å². The molecular formula is C18H28N2O3S2. The zero-order valence-electron chi connectivity index (χ0n) is 15.4. The first-order valence-corrected chi connectivity index (χ1v) is 11.5. The third kappa shape index (κ3) is 4.99. The van der Waals surface area contributed by atoms with Gasteiger partial charge in [0.05, 0.1) is 10.5 Å². The van der Waals surface area contributed by atoms with Crippen LogP contribution in [0.1, 0.15) is 50.4 Å². The summed E-state index contributed by atoms with van der Waals surface area (Å²) in [6.07, 6.45) is 5.05.